The summed E-state index contributed by atoms with van der Waals surface area (Å²) in [5, 5.41) is 19.9. The van der Waals surface area contributed by atoms with Crippen molar-refractivity contribution in [2.24, 2.45) is 16.8 Å². The van der Waals surface area contributed by atoms with Crippen LogP contribution in [0.15, 0.2) is 64.2 Å². The molecular weight excluding hydrogens is 586 g/mol. The lowest BCUT2D eigenvalue weighted by Gasteiger charge is -2.47. The van der Waals surface area contributed by atoms with Crippen LogP contribution < -0.4 is 0 Å². The highest BCUT2D eigenvalue weighted by molar-refractivity contribution is 5.86. The Balaban J connectivity index is -0.00000337. The molecule has 3 saturated heterocycles. The van der Waals surface area contributed by atoms with Crippen LogP contribution in [0.1, 0.15) is 104 Å². The van der Waals surface area contributed by atoms with E-state index in [1.807, 2.05) is 13.0 Å². The van der Waals surface area contributed by atoms with Crippen molar-refractivity contribution in [2.45, 2.75) is 138 Å². The Bertz CT molecular complexity index is 1120. The van der Waals surface area contributed by atoms with Gasteiger partial charge in [0.1, 0.15) is 18.9 Å². The molecule has 3 fully saturated rings. The second-order valence-electron chi connectivity index (χ2n) is 12.5. The molecule has 0 aromatic carbocycles. The number of hydrogen-bond donors (Lipinski definition) is 2. The van der Waals surface area contributed by atoms with Gasteiger partial charge in [-0.15, -0.1) is 0 Å². The first-order valence-corrected chi connectivity index (χ1v) is 15.5. The fourth-order valence-electron chi connectivity index (χ4n) is 6.41. The number of carbonyl (C=O) groups is 1. The van der Waals surface area contributed by atoms with E-state index in [-0.39, 0.29) is 67.7 Å². The molecule has 4 aliphatic rings. The van der Waals surface area contributed by atoms with E-state index in [0.29, 0.717) is 51.1 Å². The molecule has 0 aromatic heterocycles. The molecule has 4 rings (SSSR count). The molecule has 9 heteroatoms. The minimum absolute atomic E-state index is 0. The maximum absolute atomic E-state index is 11.3. The molecule has 1 aliphatic carbocycles. The molecule has 7 atom stereocenters. The molecule has 4 N–H and O–H groups in total. The average molecular weight is 654 g/mol. The Morgan fingerprint density at radius 1 is 1.26 bits per heavy atom. The lowest BCUT2D eigenvalue weighted by molar-refractivity contribution is -0.306. The van der Waals surface area contributed by atoms with E-state index in [1.165, 1.54) is 11.1 Å². The summed E-state index contributed by atoms with van der Waals surface area (Å²) in [6, 6.07) is 0. The number of allylic oxidation sites excluding steroid dienone is 6. The summed E-state index contributed by atoms with van der Waals surface area (Å²) in [6.07, 6.45) is 19.2. The van der Waals surface area contributed by atoms with Crippen molar-refractivity contribution in [1.29, 1.82) is 0 Å². The van der Waals surface area contributed by atoms with Gasteiger partial charge in [0.05, 0.1) is 24.9 Å². The molecular formula is C37H67NO8. The van der Waals surface area contributed by atoms with Crippen molar-refractivity contribution in [3.63, 3.8) is 0 Å². The first kappa shape index (κ1) is 43.6. The van der Waals surface area contributed by atoms with E-state index < -0.39 is 11.9 Å². The van der Waals surface area contributed by atoms with Crippen molar-refractivity contribution in [1.82, 2.24) is 0 Å². The molecule has 3 aliphatic heterocycles. The smallest absolute Gasteiger partial charge is 0.293 e. The van der Waals surface area contributed by atoms with Crippen molar-refractivity contribution < 1.29 is 42.3 Å². The van der Waals surface area contributed by atoms with Crippen molar-refractivity contribution in [3.8, 4) is 0 Å². The van der Waals surface area contributed by atoms with Crippen LogP contribution in [0.3, 0.4) is 0 Å². The number of ether oxygens (including phenoxy) is 4. The van der Waals surface area contributed by atoms with Gasteiger partial charge < -0.3 is 34.6 Å². The highest BCUT2D eigenvalue weighted by atomic mass is 16.7. The van der Waals surface area contributed by atoms with Gasteiger partial charge in [0.15, 0.2) is 5.79 Å². The number of rotatable bonds is 11. The third kappa shape index (κ3) is 12.0. The number of hydrogen-bond acceptors (Lipinski definition) is 8. The number of nitrogens with zero attached hydrogens (tertiary/aromatic N) is 1. The summed E-state index contributed by atoms with van der Waals surface area (Å²) in [4.78, 5) is 15.6. The van der Waals surface area contributed by atoms with Crippen LogP contribution in [-0.2, 0) is 23.7 Å². The molecule has 9 nitrogen and oxygen atoms in total. The minimum Gasteiger partial charge on any atom is -0.464 e. The topological polar surface area (TPSA) is 138 Å². The molecule has 3 heterocycles. The summed E-state index contributed by atoms with van der Waals surface area (Å²) in [5.41, 5.74) is 4.38. The predicted molar refractivity (Wildman–Crippen MR) is 191 cm³/mol. The fourth-order valence-corrected chi connectivity index (χ4v) is 6.41. The number of fused-ring (bicyclic) bond motifs is 1. The molecule has 46 heavy (non-hydrogen) atoms. The summed E-state index contributed by atoms with van der Waals surface area (Å²) < 4.78 is 24.4. The first-order chi connectivity index (χ1) is 20.2. The van der Waals surface area contributed by atoms with E-state index in [1.54, 1.807) is 0 Å². The molecule has 1 spiro atoms. The van der Waals surface area contributed by atoms with Crippen LogP contribution in [0.5, 0.6) is 0 Å². The van der Waals surface area contributed by atoms with Gasteiger partial charge in [0.25, 0.3) is 6.47 Å². The lowest BCUT2D eigenvalue weighted by Crippen LogP contribution is -2.54. The van der Waals surface area contributed by atoms with Gasteiger partial charge >= 0.3 is 0 Å². The van der Waals surface area contributed by atoms with Crippen molar-refractivity contribution in [3.05, 3.63) is 59.3 Å². The highest BCUT2D eigenvalue weighted by Crippen LogP contribution is 2.41. The Labute approximate surface area is 281 Å². The third-order valence-electron chi connectivity index (χ3n) is 8.64. The highest BCUT2D eigenvalue weighted by Gasteiger charge is 2.48. The van der Waals surface area contributed by atoms with E-state index in [9.17, 15) is 15.0 Å². The van der Waals surface area contributed by atoms with Crippen LogP contribution >= 0.6 is 0 Å². The Morgan fingerprint density at radius 3 is 2.72 bits per heavy atom. The number of aliphatic hydroxyl groups excluding tert-OH is 2. The monoisotopic (exact) mass is 653 g/mol. The maximum atomic E-state index is 11.3. The zero-order chi connectivity index (χ0) is 30.1. The van der Waals surface area contributed by atoms with Crippen molar-refractivity contribution >= 4 is 12.2 Å². The van der Waals surface area contributed by atoms with Crippen LogP contribution in [0.25, 0.3) is 0 Å². The number of aliphatic imine (C=N–C) groups is 1. The Hall–Kier alpha value is -2.40. The first-order valence-electron chi connectivity index (χ1n) is 15.5. The quantitative estimate of drug-likeness (QED) is 0.179. The molecule has 0 amide bonds. The molecule has 0 aromatic rings. The van der Waals surface area contributed by atoms with Gasteiger partial charge in [-0.3, -0.25) is 9.79 Å². The van der Waals surface area contributed by atoms with E-state index in [4.69, 9.17) is 18.9 Å². The zero-order valence-corrected chi connectivity index (χ0v) is 26.1. The summed E-state index contributed by atoms with van der Waals surface area (Å²) in [7, 11) is 0. The standard InChI is InChI=1S/C34H49NO7.3CH4.H2O.2H2/c1-23(2)10-13-28-16-27(35-21-36)18-34(41-28)19-30(40-22-37)17-29(42-34)14-11-24(3)8-6-5-7-9-26-20-39-33-31(26)15-12-25(4)32(33)38;;;;;;/h5,7,9-13,22-23,28-33,36,38H,6,8,14-21H2,1-4H3;3*1H4;1H2;2*1H/b7-5+,13-10+,24-11+,26-9+,35-27?;;;;;;/t28?,29?,30-,31?,32+,33?,34-;;;;;;/m0....../s1. The molecule has 0 bridgehead atoms. The second kappa shape index (κ2) is 20.8. The Morgan fingerprint density at radius 2 is 2.02 bits per heavy atom. The average Bonchev–Trinajstić information content (AvgIpc) is 3.36. The second-order valence-corrected chi connectivity index (χ2v) is 12.5. The van der Waals surface area contributed by atoms with Gasteiger partial charge in [-0.1, -0.05) is 84.2 Å². The third-order valence-corrected chi connectivity index (χ3v) is 8.64. The van der Waals surface area contributed by atoms with Crippen LogP contribution in [-0.4, -0.2) is 77.5 Å². The molecule has 4 unspecified atom stereocenters. The van der Waals surface area contributed by atoms with Gasteiger partial charge in [0, 0.05) is 40.2 Å². The SMILES string of the molecule is C.C.C.CC1=CCC2/C(=C/C=C/CC/C(C)=C/CC3C[C@H](OC=O)C[C@]4(CC(=NCO)CC(/C=C/C(C)C)O4)O3)COC2[C@@H]1O.O.[HH].[HH]. The van der Waals surface area contributed by atoms with E-state index in [2.05, 4.69) is 62.2 Å². The van der Waals surface area contributed by atoms with Gasteiger partial charge in [0.2, 0.25) is 0 Å². The van der Waals surface area contributed by atoms with Crippen LogP contribution in [0.4, 0.5) is 0 Å². The zero-order valence-electron chi connectivity index (χ0n) is 26.1. The fraction of sp³-hybridized carbons (Fsp3) is 0.676. The van der Waals surface area contributed by atoms with Gasteiger partial charge in [-0.05, 0) is 56.6 Å². The minimum atomic E-state index is -0.946. The van der Waals surface area contributed by atoms with E-state index >= 15 is 0 Å². The van der Waals surface area contributed by atoms with E-state index in [0.717, 1.165) is 30.5 Å². The lowest BCUT2D eigenvalue weighted by atomic mass is 9.82. The van der Waals surface area contributed by atoms with Gasteiger partial charge in [-0.25, -0.2) is 0 Å². The molecule has 0 saturated carbocycles. The van der Waals surface area contributed by atoms with Gasteiger partial charge in [-0.2, -0.15) is 0 Å². The van der Waals surface area contributed by atoms with Crippen LogP contribution in [0.2, 0.25) is 0 Å². The summed E-state index contributed by atoms with van der Waals surface area (Å²) in [6.45, 7) is 9.15. The van der Waals surface area contributed by atoms with Crippen molar-refractivity contribution in [2.75, 3.05) is 13.3 Å². The summed E-state index contributed by atoms with van der Waals surface area (Å²) in [5.74, 6) is -0.299. The number of aliphatic hydroxyl groups is 2. The Kier molecular flexibility index (Phi) is 19.7. The largest absolute Gasteiger partial charge is 0.464 e. The summed E-state index contributed by atoms with van der Waals surface area (Å²) >= 11 is 0. The molecule has 0 radical (unpaired) electrons. The maximum Gasteiger partial charge on any atom is 0.293 e. The normalized spacial score (nSPS) is 32.8. The van der Waals surface area contributed by atoms with Crippen LogP contribution in [0, 0.1) is 11.8 Å². The number of carbonyl (C=O) groups excluding carboxylic acids is 1. The molecule has 268 valence electrons. The predicted octanol–water partition coefficient (Wildman–Crippen LogP) is 7.09.